The maximum absolute atomic E-state index is 11.9. The lowest BCUT2D eigenvalue weighted by molar-refractivity contribution is -0.112. The predicted molar refractivity (Wildman–Crippen MR) is 68.2 cm³/mol. The second-order valence-corrected chi connectivity index (χ2v) is 4.44. The van der Waals surface area contributed by atoms with Crippen LogP contribution < -0.4 is 10.6 Å². The van der Waals surface area contributed by atoms with Crippen molar-refractivity contribution in [3.8, 4) is 0 Å². The number of pyridine rings is 1. The number of amides is 1. The van der Waals surface area contributed by atoms with E-state index in [4.69, 9.17) is 11.6 Å². The van der Waals surface area contributed by atoms with Crippen LogP contribution >= 0.6 is 11.6 Å². The fourth-order valence-corrected chi connectivity index (χ4v) is 1.74. The van der Waals surface area contributed by atoms with Crippen molar-refractivity contribution in [3.05, 3.63) is 34.1 Å². The number of hydrogen-bond acceptors (Lipinski definition) is 3. The standard InChI is InChI=1S/C12H14ClN3O/c1-7(9-5-14-6-9)12(17)16-10-3-4-11(13)15-8(10)2/h3-4,14H,5-6H2,1-2H3,(H,16,17). The van der Waals surface area contributed by atoms with Crippen LogP contribution in [0.3, 0.4) is 0 Å². The van der Waals surface area contributed by atoms with Crippen LogP contribution in [-0.2, 0) is 4.79 Å². The van der Waals surface area contributed by atoms with Gasteiger partial charge in [0.15, 0.2) is 0 Å². The SMILES string of the molecule is CC(C(=O)Nc1ccc(Cl)nc1C)=C1CNC1. The lowest BCUT2D eigenvalue weighted by atomic mass is 10.0. The minimum absolute atomic E-state index is 0.0753. The molecule has 0 spiro atoms. The molecule has 1 amide bonds. The smallest absolute Gasteiger partial charge is 0.251 e. The first-order valence-electron chi connectivity index (χ1n) is 5.42. The highest BCUT2D eigenvalue weighted by Gasteiger charge is 2.16. The van der Waals surface area contributed by atoms with Crippen molar-refractivity contribution in [1.29, 1.82) is 0 Å². The molecule has 0 saturated carbocycles. The molecule has 0 bridgehead atoms. The highest BCUT2D eigenvalue weighted by molar-refractivity contribution is 6.29. The third kappa shape index (κ3) is 2.65. The molecule has 1 aromatic rings. The Balaban J connectivity index is 2.13. The van der Waals surface area contributed by atoms with Gasteiger partial charge in [0.2, 0.25) is 0 Å². The van der Waals surface area contributed by atoms with E-state index in [9.17, 15) is 4.79 Å². The van der Waals surface area contributed by atoms with Gasteiger partial charge in [0.1, 0.15) is 5.15 Å². The fourth-order valence-electron chi connectivity index (χ4n) is 1.55. The van der Waals surface area contributed by atoms with E-state index in [2.05, 4.69) is 15.6 Å². The molecule has 0 unspecified atom stereocenters. The number of hydrogen-bond donors (Lipinski definition) is 2. The minimum atomic E-state index is -0.0753. The van der Waals surface area contributed by atoms with E-state index in [0.29, 0.717) is 10.8 Å². The van der Waals surface area contributed by atoms with E-state index in [1.807, 2.05) is 13.8 Å². The Morgan fingerprint density at radius 2 is 2.18 bits per heavy atom. The third-order valence-electron chi connectivity index (χ3n) is 2.85. The quantitative estimate of drug-likeness (QED) is 0.624. The van der Waals surface area contributed by atoms with Gasteiger partial charge < -0.3 is 10.6 Å². The summed E-state index contributed by atoms with van der Waals surface area (Å²) in [5.74, 6) is -0.0753. The number of halogens is 1. The van der Waals surface area contributed by atoms with E-state index in [-0.39, 0.29) is 5.91 Å². The van der Waals surface area contributed by atoms with Crippen LogP contribution in [0.4, 0.5) is 5.69 Å². The molecule has 0 radical (unpaired) electrons. The number of nitrogens with one attached hydrogen (secondary N) is 2. The number of carbonyl (C=O) groups excluding carboxylic acids is 1. The summed E-state index contributed by atoms with van der Waals surface area (Å²) in [5, 5.41) is 6.38. The van der Waals surface area contributed by atoms with Crippen LogP contribution in [0.15, 0.2) is 23.3 Å². The van der Waals surface area contributed by atoms with Crippen molar-refractivity contribution in [1.82, 2.24) is 10.3 Å². The summed E-state index contributed by atoms with van der Waals surface area (Å²) in [6.07, 6.45) is 0. The number of anilines is 1. The molecular formula is C12H14ClN3O. The average molecular weight is 252 g/mol. The van der Waals surface area contributed by atoms with Crippen molar-refractivity contribution < 1.29 is 4.79 Å². The van der Waals surface area contributed by atoms with Crippen LogP contribution in [0.25, 0.3) is 0 Å². The summed E-state index contributed by atoms with van der Waals surface area (Å²) < 4.78 is 0. The Hall–Kier alpha value is -1.39. The van der Waals surface area contributed by atoms with Crippen LogP contribution in [0.2, 0.25) is 5.15 Å². The monoisotopic (exact) mass is 251 g/mol. The molecule has 2 heterocycles. The van der Waals surface area contributed by atoms with Crippen molar-refractivity contribution in [2.45, 2.75) is 13.8 Å². The van der Waals surface area contributed by atoms with Crippen LogP contribution in [0, 0.1) is 6.92 Å². The minimum Gasteiger partial charge on any atom is -0.321 e. The number of nitrogens with zero attached hydrogens (tertiary/aromatic N) is 1. The second kappa shape index (κ2) is 4.85. The Kier molecular flexibility index (Phi) is 3.45. The highest BCUT2D eigenvalue weighted by Crippen LogP contribution is 2.17. The summed E-state index contributed by atoms with van der Waals surface area (Å²) in [7, 11) is 0. The van der Waals surface area contributed by atoms with E-state index in [1.165, 1.54) is 0 Å². The second-order valence-electron chi connectivity index (χ2n) is 4.05. The third-order valence-corrected chi connectivity index (χ3v) is 3.06. The molecular weight excluding hydrogens is 238 g/mol. The molecule has 0 aliphatic carbocycles. The molecule has 2 N–H and O–H groups in total. The molecule has 1 aromatic heterocycles. The maximum atomic E-state index is 11.9. The Morgan fingerprint density at radius 1 is 1.47 bits per heavy atom. The van der Waals surface area contributed by atoms with Gasteiger partial charge in [0.05, 0.1) is 11.4 Å². The number of carbonyl (C=O) groups is 1. The number of aryl methyl sites for hydroxylation is 1. The van der Waals surface area contributed by atoms with Gasteiger partial charge in [-0.1, -0.05) is 11.6 Å². The van der Waals surface area contributed by atoms with E-state index < -0.39 is 0 Å². The van der Waals surface area contributed by atoms with Gasteiger partial charge in [-0.15, -0.1) is 0 Å². The molecule has 1 saturated heterocycles. The van der Waals surface area contributed by atoms with Crippen molar-refractivity contribution >= 4 is 23.2 Å². The van der Waals surface area contributed by atoms with Crippen LogP contribution in [0.1, 0.15) is 12.6 Å². The first kappa shape index (κ1) is 12.1. The van der Waals surface area contributed by atoms with Gasteiger partial charge in [-0.25, -0.2) is 4.98 Å². The van der Waals surface area contributed by atoms with Gasteiger partial charge in [-0.3, -0.25) is 4.79 Å². The summed E-state index contributed by atoms with van der Waals surface area (Å²) in [5.41, 5.74) is 3.35. The van der Waals surface area contributed by atoms with Crippen molar-refractivity contribution in [2.75, 3.05) is 18.4 Å². The zero-order valence-corrected chi connectivity index (χ0v) is 10.6. The highest BCUT2D eigenvalue weighted by atomic mass is 35.5. The first-order valence-corrected chi connectivity index (χ1v) is 5.79. The lowest BCUT2D eigenvalue weighted by Gasteiger charge is -2.21. The summed E-state index contributed by atoms with van der Waals surface area (Å²) >= 11 is 5.76. The molecule has 5 heteroatoms. The zero-order valence-electron chi connectivity index (χ0n) is 9.80. The summed E-state index contributed by atoms with van der Waals surface area (Å²) in [6.45, 7) is 5.26. The molecule has 0 aromatic carbocycles. The van der Waals surface area contributed by atoms with E-state index in [1.54, 1.807) is 12.1 Å². The van der Waals surface area contributed by atoms with Crippen LogP contribution in [0.5, 0.6) is 0 Å². The molecule has 90 valence electrons. The van der Waals surface area contributed by atoms with Gasteiger partial charge in [0, 0.05) is 18.7 Å². The molecule has 1 aliphatic heterocycles. The molecule has 0 atom stereocenters. The topological polar surface area (TPSA) is 54.0 Å². The summed E-state index contributed by atoms with van der Waals surface area (Å²) in [6, 6.07) is 3.43. The van der Waals surface area contributed by atoms with Crippen molar-refractivity contribution in [2.24, 2.45) is 0 Å². The molecule has 4 nitrogen and oxygen atoms in total. The molecule has 1 fully saturated rings. The number of rotatable bonds is 2. The van der Waals surface area contributed by atoms with Gasteiger partial charge in [-0.05, 0) is 31.6 Å². The van der Waals surface area contributed by atoms with Crippen molar-refractivity contribution in [3.63, 3.8) is 0 Å². The Morgan fingerprint density at radius 3 is 2.71 bits per heavy atom. The van der Waals surface area contributed by atoms with E-state index in [0.717, 1.165) is 29.9 Å². The van der Waals surface area contributed by atoms with E-state index >= 15 is 0 Å². The molecule has 17 heavy (non-hydrogen) atoms. The predicted octanol–water partition coefficient (Wildman–Crippen LogP) is 1.90. The first-order chi connectivity index (χ1) is 8.08. The normalized spacial score (nSPS) is 14.2. The van der Waals surface area contributed by atoms with Gasteiger partial charge in [-0.2, -0.15) is 0 Å². The maximum Gasteiger partial charge on any atom is 0.251 e. The summed E-state index contributed by atoms with van der Waals surface area (Å²) in [4.78, 5) is 16.0. The number of aromatic nitrogens is 1. The zero-order chi connectivity index (χ0) is 12.4. The largest absolute Gasteiger partial charge is 0.321 e. The Labute approximate surface area is 105 Å². The lowest BCUT2D eigenvalue weighted by Crippen LogP contribution is -2.36. The van der Waals surface area contributed by atoms with Crippen LogP contribution in [-0.4, -0.2) is 24.0 Å². The average Bonchev–Trinajstić information content (AvgIpc) is 2.19. The van der Waals surface area contributed by atoms with Gasteiger partial charge in [0.25, 0.3) is 5.91 Å². The fraction of sp³-hybridized carbons (Fsp3) is 0.333. The molecule has 2 rings (SSSR count). The molecule has 1 aliphatic rings. The Bertz CT molecular complexity index is 491. The van der Waals surface area contributed by atoms with Gasteiger partial charge >= 0.3 is 0 Å².